The number of para-hydroxylation sites is 1. The largest absolute Gasteiger partial charge is 0.394 e. The van der Waals surface area contributed by atoms with E-state index in [0.29, 0.717) is 24.5 Å². The van der Waals surface area contributed by atoms with Crippen LogP contribution in [0.1, 0.15) is 40.4 Å². The molecule has 3 aromatic heterocycles. The first-order valence-corrected chi connectivity index (χ1v) is 15.0. The minimum absolute atomic E-state index is 0.216. The van der Waals surface area contributed by atoms with Crippen LogP contribution in [0.3, 0.4) is 0 Å². The summed E-state index contributed by atoms with van der Waals surface area (Å²) in [6.07, 6.45) is 4.69. The Labute approximate surface area is 239 Å². The Balaban J connectivity index is 1.07. The molecule has 0 fully saturated rings. The maximum atomic E-state index is 13.3. The van der Waals surface area contributed by atoms with Gasteiger partial charge >= 0.3 is 0 Å². The molecule has 0 aliphatic carbocycles. The Bertz CT molecular complexity index is 1520. The smallest absolute Gasteiger partial charge is 0.211 e. The standard InChI is InChI=1S/C28H32FN7O2S2/c29-19-7-5-6-18(16-19)14-15-30-27-35-33-24(39-27)10-3-4-11-25-34-36-28(40-25)32-26-22(13-12-20(38)17-37)21-8-1-2-9-23(21)31-26/h1-2,5-9,16,20,31,37-38H,3-4,10-15,17H2,(H,30,35)(H,32,36)/t20-/m1/s1. The molecule has 12 heteroatoms. The first-order chi connectivity index (χ1) is 19.6. The number of fused-ring (bicyclic) bond motifs is 1. The summed E-state index contributed by atoms with van der Waals surface area (Å²) < 4.78 is 13.3. The van der Waals surface area contributed by atoms with E-state index in [-0.39, 0.29) is 12.4 Å². The average Bonchev–Trinajstić information content (AvgIpc) is 3.69. The summed E-state index contributed by atoms with van der Waals surface area (Å²) in [4.78, 5) is 3.41. The van der Waals surface area contributed by atoms with E-state index in [4.69, 9.17) is 0 Å². The Kier molecular flexibility index (Phi) is 9.66. The van der Waals surface area contributed by atoms with Crippen LogP contribution >= 0.6 is 22.7 Å². The number of anilines is 3. The van der Waals surface area contributed by atoms with Gasteiger partial charge in [0.2, 0.25) is 10.3 Å². The lowest BCUT2D eigenvalue weighted by Crippen LogP contribution is -2.12. The van der Waals surface area contributed by atoms with Crippen molar-refractivity contribution in [1.29, 1.82) is 0 Å². The molecule has 0 saturated heterocycles. The van der Waals surface area contributed by atoms with Crippen LogP contribution in [0.5, 0.6) is 0 Å². The monoisotopic (exact) mass is 581 g/mol. The number of unbranched alkanes of at least 4 members (excludes halogenated alkanes) is 1. The van der Waals surface area contributed by atoms with Gasteiger partial charge in [0.15, 0.2) is 0 Å². The fourth-order valence-corrected chi connectivity index (χ4v) is 6.06. The highest BCUT2D eigenvalue weighted by Crippen LogP contribution is 2.31. The fourth-order valence-electron chi connectivity index (χ4n) is 4.47. The number of aliphatic hydroxyl groups excluding tert-OH is 2. The van der Waals surface area contributed by atoms with Crippen LogP contribution in [0, 0.1) is 5.82 Å². The third-order valence-corrected chi connectivity index (χ3v) is 8.37. The minimum atomic E-state index is -0.746. The summed E-state index contributed by atoms with van der Waals surface area (Å²) >= 11 is 3.09. The molecular weight excluding hydrogens is 549 g/mol. The van der Waals surface area contributed by atoms with Crippen molar-refractivity contribution >= 4 is 49.7 Å². The summed E-state index contributed by atoms with van der Waals surface area (Å²) in [5.41, 5.74) is 3.01. The summed E-state index contributed by atoms with van der Waals surface area (Å²) in [7, 11) is 0. The van der Waals surface area contributed by atoms with Crippen molar-refractivity contribution in [2.24, 2.45) is 0 Å². The van der Waals surface area contributed by atoms with E-state index in [2.05, 4.69) is 36.0 Å². The van der Waals surface area contributed by atoms with E-state index in [0.717, 1.165) is 75.1 Å². The van der Waals surface area contributed by atoms with Crippen molar-refractivity contribution in [1.82, 2.24) is 25.4 Å². The van der Waals surface area contributed by atoms with Crippen LogP contribution < -0.4 is 10.6 Å². The summed E-state index contributed by atoms with van der Waals surface area (Å²) in [6, 6.07) is 14.7. The van der Waals surface area contributed by atoms with Crippen molar-refractivity contribution < 1.29 is 14.6 Å². The Morgan fingerprint density at radius 3 is 2.40 bits per heavy atom. The summed E-state index contributed by atoms with van der Waals surface area (Å²) in [5, 5.41) is 47.4. The van der Waals surface area contributed by atoms with E-state index in [1.54, 1.807) is 23.5 Å². The molecule has 40 heavy (non-hydrogen) atoms. The van der Waals surface area contributed by atoms with Crippen molar-refractivity contribution in [3.63, 3.8) is 0 Å². The van der Waals surface area contributed by atoms with Gasteiger partial charge in [-0.3, -0.25) is 0 Å². The van der Waals surface area contributed by atoms with Gasteiger partial charge < -0.3 is 25.8 Å². The molecule has 0 amide bonds. The number of hydrogen-bond donors (Lipinski definition) is 5. The maximum absolute atomic E-state index is 13.3. The number of H-pyrrole nitrogens is 1. The van der Waals surface area contributed by atoms with Gasteiger partial charge in [-0.1, -0.05) is 53.0 Å². The summed E-state index contributed by atoms with van der Waals surface area (Å²) in [5.74, 6) is 0.623. The van der Waals surface area contributed by atoms with Gasteiger partial charge in [-0.2, -0.15) is 0 Å². The molecule has 0 unspecified atom stereocenters. The topological polar surface area (TPSA) is 132 Å². The molecule has 1 atom stereocenters. The van der Waals surface area contributed by atoms with E-state index < -0.39 is 6.10 Å². The SMILES string of the molecule is OC[C@H](O)CCc1c(Nc2nnc(CCCCc3nnc(NCCc4cccc(F)c4)s3)s2)[nH]c2ccccc12. The Hall–Kier alpha value is -3.45. The number of rotatable bonds is 15. The van der Waals surface area contributed by atoms with E-state index >= 15 is 0 Å². The van der Waals surface area contributed by atoms with Gasteiger partial charge in [0.1, 0.15) is 21.7 Å². The number of nitrogens with one attached hydrogen (secondary N) is 3. The number of benzene rings is 2. The normalized spacial score (nSPS) is 12.2. The number of aliphatic hydroxyl groups is 2. The molecule has 0 radical (unpaired) electrons. The second kappa shape index (κ2) is 13.8. The molecule has 0 saturated carbocycles. The molecule has 9 nitrogen and oxygen atoms in total. The van der Waals surface area contributed by atoms with Gasteiger partial charge in [-0.15, -0.1) is 20.4 Å². The van der Waals surface area contributed by atoms with E-state index in [9.17, 15) is 14.6 Å². The van der Waals surface area contributed by atoms with Crippen LogP contribution in [-0.2, 0) is 25.7 Å². The van der Waals surface area contributed by atoms with Gasteiger partial charge in [0.25, 0.3) is 0 Å². The third kappa shape index (κ3) is 7.60. The number of aromatic nitrogens is 5. The van der Waals surface area contributed by atoms with Crippen LogP contribution in [0.25, 0.3) is 10.9 Å². The highest BCUT2D eigenvalue weighted by Gasteiger charge is 2.15. The zero-order chi connectivity index (χ0) is 27.7. The number of halogens is 1. The lowest BCUT2D eigenvalue weighted by atomic mass is 10.1. The van der Waals surface area contributed by atoms with E-state index in [1.807, 2.05) is 30.3 Å². The number of hydrogen-bond acceptors (Lipinski definition) is 10. The maximum Gasteiger partial charge on any atom is 0.211 e. The summed E-state index contributed by atoms with van der Waals surface area (Å²) in [6.45, 7) is 0.427. The highest BCUT2D eigenvalue weighted by atomic mass is 32.1. The molecule has 2 aromatic carbocycles. The molecular formula is C28H32FN7O2S2. The van der Waals surface area contributed by atoms with Crippen LogP contribution in [0.2, 0.25) is 0 Å². The first-order valence-electron chi connectivity index (χ1n) is 13.4. The molecule has 0 aliphatic rings. The van der Waals surface area contributed by atoms with Crippen molar-refractivity contribution in [2.45, 2.75) is 51.0 Å². The van der Waals surface area contributed by atoms with Crippen LogP contribution in [0.15, 0.2) is 48.5 Å². The zero-order valence-corrected chi connectivity index (χ0v) is 23.6. The van der Waals surface area contributed by atoms with Crippen LogP contribution in [0.4, 0.5) is 20.5 Å². The van der Waals surface area contributed by atoms with Crippen molar-refractivity contribution in [3.8, 4) is 0 Å². The van der Waals surface area contributed by atoms with Crippen molar-refractivity contribution in [3.05, 3.63) is 75.5 Å². The molecule has 0 bridgehead atoms. The average molecular weight is 582 g/mol. The molecule has 3 heterocycles. The van der Waals surface area contributed by atoms with E-state index in [1.165, 1.54) is 17.4 Å². The highest BCUT2D eigenvalue weighted by molar-refractivity contribution is 7.15. The predicted molar refractivity (Wildman–Crippen MR) is 158 cm³/mol. The Morgan fingerprint density at radius 2 is 1.62 bits per heavy atom. The van der Waals surface area contributed by atoms with Gasteiger partial charge in [-0.25, -0.2) is 4.39 Å². The second-order valence-electron chi connectivity index (χ2n) is 9.54. The van der Waals surface area contributed by atoms with Crippen molar-refractivity contribution in [2.75, 3.05) is 23.8 Å². The fraction of sp³-hybridized carbons (Fsp3) is 0.357. The molecule has 210 valence electrons. The molecule has 5 aromatic rings. The predicted octanol–water partition coefficient (Wildman–Crippen LogP) is 5.26. The molecule has 0 aliphatic heterocycles. The lowest BCUT2D eigenvalue weighted by Gasteiger charge is -2.08. The number of aromatic amines is 1. The zero-order valence-electron chi connectivity index (χ0n) is 21.9. The molecule has 5 N–H and O–H groups in total. The third-order valence-electron chi connectivity index (χ3n) is 6.53. The van der Waals surface area contributed by atoms with Gasteiger partial charge in [0.05, 0.1) is 12.7 Å². The second-order valence-corrected chi connectivity index (χ2v) is 11.7. The Morgan fingerprint density at radius 1 is 0.875 bits per heavy atom. The van der Waals surface area contributed by atoms with Crippen LogP contribution in [-0.4, -0.2) is 54.8 Å². The first kappa shape index (κ1) is 28.1. The quantitative estimate of drug-likeness (QED) is 0.106. The minimum Gasteiger partial charge on any atom is -0.394 e. The lowest BCUT2D eigenvalue weighted by molar-refractivity contribution is 0.0887. The molecule has 5 rings (SSSR count). The molecule has 0 spiro atoms. The van der Waals surface area contributed by atoms with Gasteiger partial charge in [0, 0.05) is 35.9 Å². The van der Waals surface area contributed by atoms with Gasteiger partial charge in [-0.05, 0) is 55.9 Å². The number of nitrogens with zero attached hydrogens (tertiary/aromatic N) is 4. The number of aryl methyl sites for hydroxylation is 3.